The van der Waals surface area contributed by atoms with Crippen LogP contribution in [0.2, 0.25) is 0 Å². The summed E-state index contributed by atoms with van der Waals surface area (Å²) >= 11 is 0. The van der Waals surface area contributed by atoms with E-state index in [1.807, 2.05) is 60.7 Å². The second-order valence-electron chi connectivity index (χ2n) is 14.1. The summed E-state index contributed by atoms with van der Waals surface area (Å²) in [5.41, 5.74) is 12.0. The largest absolute Gasteiger partial charge is 0.309 e. The van der Waals surface area contributed by atoms with E-state index in [-0.39, 0.29) is 0 Å². The van der Waals surface area contributed by atoms with Crippen molar-refractivity contribution < 1.29 is 0 Å². The third-order valence-corrected chi connectivity index (χ3v) is 10.8. The van der Waals surface area contributed by atoms with Crippen LogP contribution in [0, 0.1) is 0 Å². The lowest BCUT2D eigenvalue weighted by molar-refractivity contribution is 1.07. The Balaban J connectivity index is 1.17. The van der Waals surface area contributed by atoms with Gasteiger partial charge < -0.3 is 9.13 Å². The summed E-state index contributed by atoms with van der Waals surface area (Å²) in [5, 5.41) is 4.76. The lowest BCUT2D eigenvalue weighted by Gasteiger charge is -2.10. The molecule has 0 saturated carbocycles. The number of aromatic nitrogens is 5. The molecule has 0 unspecified atom stereocenters. The number of para-hydroxylation sites is 3. The zero-order valence-corrected chi connectivity index (χ0v) is 30.3. The maximum atomic E-state index is 5.09. The second-order valence-corrected chi connectivity index (χ2v) is 14.1. The molecule has 11 aromatic rings. The quantitative estimate of drug-likeness (QED) is 0.172. The van der Waals surface area contributed by atoms with Gasteiger partial charge in [-0.25, -0.2) is 15.0 Å². The summed E-state index contributed by atoms with van der Waals surface area (Å²) in [5.74, 6) is 1.92. The van der Waals surface area contributed by atoms with Crippen molar-refractivity contribution in [1.29, 1.82) is 0 Å². The van der Waals surface area contributed by atoms with Crippen molar-refractivity contribution >= 4 is 43.6 Å². The van der Waals surface area contributed by atoms with Crippen molar-refractivity contribution in [2.45, 2.75) is 0 Å². The highest BCUT2D eigenvalue weighted by molar-refractivity contribution is 6.18. The van der Waals surface area contributed by atoms with Crippen molar-refractivity contribution in [3.05, 3.63) is 200 Å². The molecule has 0 bridgehead atoms. The molecule has 0 radical (unpaired) electrons. The minimum atomic E-state index is 0.632. The number of nitrogens with zero attached hydrogens (tertiary/aromatic N) is 5. The van der Waals surface area contributed by atoms with Crippen LogP contribution in [0.3, 0.4) is 0 Å². The Bertz CT molecular complexity index is 3160. The van der Waals surface area contributed by atoms with Crippen LogP contribution in [0.4, 0.5) is 0 Å². The highest BCUT2D eigenvalue weighted by atomic mass is 15.0. The van der Waals surface area contributed by atoms with E-state index in [9.17, 15) is 0 Å². The van der Waals surface area contributed by atoms with Crippen molar-refractivity contribution in [2.24, 2.45) is 0 Å². The maximum Gasteiger partial charge on any atom is 0.164 e. The van der Waals surface area contributed by atoms with Crippen LogP contribution in [-0.4, -0.2) is 24.1 Å². The fourth-order valence-corrected chi connectivity index (χ4v) is 8.24. The van der Waals surface area contributed by atoms with Crippen molar-refractivity contribution in [1.82, 2.24) is 24.1 Å². The Kier molecular flexibility index (Phi) is 7.42. The molecule has 3 aromatic heterocycles. The summed E-state index contributed by atoms with van der Waals surface area (Å²) in [7, 11) is 0. The molecule has 8 aromatic carbocycles. The number of benzene rings is 8. The smallest absolute Gasteiger partial charge is 0.164 e. The topological polar surface area (TPSA) is 48.5 Å². The lowest BCUT2D eigenvalue weighted by Crippen LogP contribution is -2.00. The van der Waals surface area contributed by atoms with Gasteiger partial charge in [0.05, 0.1) is 22.1 Å². The molecule has 0 fully saturated rings. The van der Waals surface area contributed by atoms with Crippen molar-refractivity contribution in [3.63, 3.8) is 0 Å². The van der Waals surface area contributed by atoms with E-state index in [0.29, 0.717) is 17.5 Å². The minimum Gasteiger partial charge on any atom is -0.309 e. The Morgan fingerprint density at radius 1 is 0.286 bits per heavy atom. The van der Waals surface area contributed by atoms with E-state index >= 15 is 0 Å². The van der Waals surface area contributed by atoms with Crippen LogP contribution >= 0.6 is 0 Å². The summed E-state index contributed by atoms with van der Waals surface area (Å²) in [6.07, 6.45) is 0. The van der Waals surface area contributed by atoms with Gasteiger partial charge in [-0.15, -0.1) is 0 Å². The minimum absolute atomic E-state index is 0.632. The fourth-order valence-electron chi connectivity index (χ4n) is 8.24. The molecule has 0 aliphatic rings. The molecule has 0 amide bonds. The molecule has 0 N–H and O–H groups in total. The Hall–Kier alpha value is -7.63. The molecule has 5 nitrogen and oxygen atoms in total. The van der Waals surface area contributed by atoms with Gasteiger partial charge in [-0.3, -0.25) is 0 Å². The molecule has 0 saturated heterocycles. The van der Waals surface area contributed by atoms with Crippen LogP contribution in [-0.2, 0) is 0 Å². The predicted molar refractivity (Wildman–Crippen MR) is 230 cm³/mol. The number of fused-ring (bicyclic) bond motifs is 6. The van der Waals surface area contributed by atoms with E-state index in [0.717, 1.165) is 50.0 Å². The Morgan fingerprint density at radius 2 is 0.732 bits per heavy atom. The molecule has 0 aliphatic heterocycles. The molecule has 0 spiro atoms. The predicted octanol–water partition coefficient (Wildman–Crippen LogP) is 12.7. The van der Waals surface area contributed by atoms with Gasteiger partial charge in [0.2, 0.25) is 0 Å². The Morgan fingerprint density at radius 3 is 1.36 bits per heavy atom. The molecular formula is C51H33N5. The van der Waals surface area contributed by atoms with Crippen LogP contribution in [0.5, 0.6) is 0 Å². The molecular weight excluding hydrogens is 683 g/mol. The Labute approximate surface area is 323 Å². The van der Waals surface area contributed by atoms with Gasteiger partial charge in [-0.1, -0.05) is 133 Å². The fraction of sp³-hybridized carbons (Fsp3) is 0. The van der Waals surface area contributed by atoms with Gasteiger partial charge in [0.1, 0.15) is 0 Å². The monoisotopic (exact) mass is 715 g/mol. The van der Waals surface area contributed by atoms with Crippen LogP contribution in [0.25, 0.3) is 100 Å². The van der Waals surface area contributed by atoms with Gasteiger partial charge >= 0.3 is 0 Å². The summed E-state index contributed by atoms with van der Waals surface area (Å²) in [4.78, 5) is 15.1. The van der Waals surface area contributed by atoms with E-state index in [1.165, 1.54) is 32.8 Å². The van der Waals surface area contributed by atoms with E-state index in [4.69, 9.17) is 15.0 Å². The van der Waals surface area contributed by atoms with E-state index in [2.05, 4.69) is 149 Å². The van der Waals surface area contributed by atoms with Crippen LogP contribution in [0.1, 0.15) is 0 Å². The van der Waals surface area contributed by atoms with Crippen LogP contribution in [0.15, 0.2) is 200 Å². The molecule has 3 heterocycles. The molecule has 0 atom stereocenters. The first kappa shape index (κ1) is 31.9. The zero-order valence-electron chi connectivity index (χ0n) is 30.3. The average Bonchev–Trinajstić information content (AvgIpc) is 3.80. The van der Waals surface area contributed by atoms with E-state index in [1.54, 1.807) is 0 Å². The zero-order chi connectivity index (χ0) is 37.0. The van der Waals surface area contributed by atoms with Gasteiger partial charge in [0.15, 0.2) is 17.5 Å². The number of hydrogen-bond acceptors (Lipinski definition) is 3. The summed E-state index contributed by atoms with van der Waals surface area (Å²) in [6, 6.07) is 70.4. The summed E-state index contributed by atoms with van der Waals surface area (Å²) in [6.45, 7) is 0. The van der Waals surface area contributed by atoms with E-state index < -0.39 is 0 Å². The highest BCUT2D eigenvalue weighted by Gasteiger charge is 2.20. The normalized spacial score (nSPS) is 11.6. The maximum absolute atomic E-state index is 5.09. The van der Waals surface area contributed by atoms with Gasteiger partial charge in [0, 0.05) is 49.6 Å². The molecule has 56 heavy (non-hydrogen) atoms. The second kappa shape index (κ2) is 13.0. The number of rotatable bonds is 6. The highest BCUT2D eigenvalue weighted by Crippen LogP contribution is 2.42. The molecule has 262 valence electrons. The van der Waals surface area contributed by atoms with Gasteiger partial charge in [-0.05, 0) is 77.9 Å². The first-order valence-electron chi connectivity index (χ1n) is 18.9. The summed E-state index contributed by atoms with van der Waals surface area (Å²) < 4.78 is 4.74. The standard InChI is InChI=1S/C51H33N5/c1-5-16-34(17-6-1)49-52-50(35-18-7-2-8-19-35)54-51(53-49)37-29-31-46-43(33-37)48-40(25-15-27-47(48)56(46)39-22-11-4-12-23-39)36-28-30-45-42(32-36)41-24-13-14-26-44(41)55(45)38-20-9-3-10-21-38/h1-33H. The third kappa shape index (κ3) is 5.21. The van der Waals surface area contributed by atoms with Crippen molar-refractivity contribution in [3.8, 4) is 56.7 Å². The lowest BCUT2D eigenvalue weighted by atomic mass is 9.97. The van der Waals surface area contributed by atoms with Gasteiger partial charge in [-0.2, -0.15) is 0 Å². The molecule has 5 heteroatoms. The van der Waals surface area contributed by atoms with Crippen molar-refractivity contribution in [2.75, 3.05) is 0 Å². The SMILES string of the molecule is c1ccc(-c2nc(-c3ccccc3)nc(-c3ccc4c(c3)c3c(-c5ccc6c(c5)c5ccccc5n6-c5ccccc5)cccc3n4-c3ccccc3)n2)cc1. The average molecular weight is 716 g/mol. The van der Waals surface area contributed by atoms with Crippen LogP contribution < -0.4 is 0 Å². The van der Waals surface area contributed by atoms with Gasteiger partial charge in [0.25, 0.3) is 0 Å². The molecule has 11 rings (SSSR count). The first-order chi connectivity index (χ1) is 27.8. The number of hydrogen-bond donors (Lipinski definition) is 0. The third-order valence-electron chi connectivity index (χ3n) is 10.8. The molecule has 0 aliphatic carbocycles. The first-order valence-corrected chi connectivity index (χ1v) is 18.9.